The fourth-order valence-electron chi connectivity index (χ4n) is 3.47. The van der Waals surface area contributed by atoms with E-state index < -0.39 is 11.7 Å². The molecule has 8 heteroatoms. The van der Waals surface area contributed by atoms with E-state index in [-0.39, 0.29) is 11.9 Å². The maximum Gasteiger partial charge on any atom is 0.420 e. The molecular formula is C22H21F3N2O2S. The number of ether oxygens (including phenoxy) is 2. The number of benzene rings is 2. The zero-order valence-electron chi connectivity index (χ0n) is 16.3. The largest absolute Gasteiger partial charge is 0.497 e. The number of rotatable bonds is 6. The van der Waals surface area contributed by atoms with Gasteiger partial charge in [0.05, 0.1) is 24.5 Å². The van der Waals surface area contributed by atoms with Gasteiger partial charge in [-0.15, -0.1) is 11.3 Å². The van der Waals surface area contributed by atoms with Crippen LogP contribution in [-0.2, 0) is 6.18 Å². The van der Waals surface area contributed by atoms with Crippen LogP contribution in [0.5, 0.6) is 11.5 Å². The first kappa shape index (κ1) is 20.5. The number of aromatic nitrogens is 1. The minimum Gasteiger partial charge on any atom is -0.497 e. The number of hydrogen-bond donors (Lipinski definition) is 1. The van der Waals surface area contributed by atoms with Crippen molar-refractivity contribution in [1.82, 2.24) is 4.98 Å². The summed E-state index contributed by atoms with van der Waals surface area (Å²) in [5.41, 5.74) is 1.18. The first-order valence-electron chi connectivity index (χ1n) is 9.67. The van der Waals surface area contributed by atoms with Crippen LogP contribution >= 0.6 is 11.3 Å². The Morgan fingerprint density at radius 3 is 2.47 bits per heavy atom. The smallest absolute Gasteiger partial charge is 0.420 e. The summed E-state index contributed by atoms with van der Waals surface area (Å²) >= 11 is 1.33. The summed E-state index contributed by atoms with van der Waals surface area (Å²) in [5, 5.41) is 5.34. The molecule has 30 heavy (non-hydrogen) atoms. The number of halogens is 3. The van der Waals surface area contributed by atoms with Gasteiger partial charge in [0.1, 0.15) is 11.5 Å². The number of anilines is 2. The van der Waals surface area contributed by atoms with Crippen molar-refractivity contribution >= 4 is 22.2 Å². The topological polar surface area (TPSA) is 43.4 Å². The van der Waals surface area contributed by atoms with Gasteiger partial charge in [-0.2, -0.15) is 13.2 Å². The molecule has 158 valence electrons. The molecule has 1 aromatic heterocycles. The highest BCUT2D eigenvalue weighted by atomic mass is 32.1. The van der Waals surface area contributed by atoms with Crippen LogP contribution in [-0.4, -0.2) is 18.2 Å². The molecule has 0 atom stereocenters. The van der Waals surface area contributed by atoms with Gasteiger partial charge in [0.2, 0.25) is 0 Å². The van der Waals surface area contributed by atoms with Crippen LogP contribution in [0.2, 0.25) is 0 Å². The maximum absolute atomic E-state index is 13.6. The Morgan fingerprint density at radius 2 is 1.80 bits per heavy atom. The number of nitrogens with one attached hydrogen (secondary N) is 1. The van der Waals surface area contributed by atoms with Gasteiger partial charge in [0.25, 0.3) is 0 Å². The molecule has 1 fully saturated rings. The molecule has 1 saturated carbocycles. The summed E-state index contributed by atoms with van der Waals surface area (Å²) in [6.07, 6.45) is -1.06. The lowest BCUT2D eigenvalue weighted by Gasteiger charge is -2.19. The van der Waals surface area contributed by atoms with Crippen LogP contribution in [0.15, 0.2) is 47.8 Å². The lowest BCUT2D eigenvalue weighted by Crippen LogP contribution is -2.15. The van der Waals surface area contributed by atoms with E-state index >= 15 is 0 Å². The number of nitrogens with zero attached hydrogens (tertiary/aromatic N) is 1. The fourth-order valence-corrected chi connectivity index (χ4v) is 4.21. The predicted molar refractivity (Wildman–Crippen MR) is 112 cm³/mol. The SMILES string of the molecule is COc1ccc(-c2csc(Nc3ccc(OC4CCCC4)c(C(F)(F)F)c3)n2)cc1. The van der Waals surface area contributed by atoms with Crippen LogP contribution in [0.4, 0.5) is 24.0 Å². The molecule has 0 saturated heterocycles. The molecule has 0 unspecified atom stereocenters. The van der Waals surface area contributed by atoms with Crippen molar-refractivity contribution in [3.8, 4) is 22.8 Å². The van der Waals surface area contributed by atoms with E-state index in [1.165, 1.54) is 17.4 Å². The van der Waals surface area contributed by atoms with Gasteiger partial charge >= 0.3 is 6.18 Å². The summed E-state index contributed by atoms with van der Waals surface area (Å²) in [4.78, 5) is 4.48. The standard InChI is InChI=1S/C22H21F3N2O2S/c1-28-16-9-6-14(7-10-16)19-13-30-21(27-19)26-15-8-11-20(18(12-15)22(23,24)25)29-17-4-2-3-5-17/h6-13,17H,2-5H2,1H3,(H,26,27). The molecule has 4 rings (SSSR count). The van der Waals surface area contributed by atoms with Crippen molar-refractivity contribution < 1.29 is 22.6 Å². The van der Waals surface area contributed by atoms with Crippen molar-refractivity contribution in [3.05, 3.63) is 53.4 Å². The van der Waals surface area contributed by atoms with Gasteiger partial charge in [-0.1, -0.05) is 0 Å². The molecule has 1 aliphatic rings. The summed E-state index contributed by atoms with van der Waals surface area (Å²) in [6, 6.07) is 11.5. The first-order valence-corrected chi connectivity index (χ1v) is 10.6. The van der Waals surface area contributed by atoms with Gasteiger partial charge in [0, 0.05) is 16.6 Å². The van der Waals surface area contributed by atoms with E-state index in [9.17, 15) is 13.2 Å². The summed E-state index contributed by atoms with van der Waals surface area (Å²) in [7, 11) is 1.60. The van der Waals surface area contributed by atoms with Gasteiger partial charge in [0.15, 0.2) is 5.13 Å². The van der Waals surface area contributed by atoms with Gasteiger partial charge < -0.3 is 14.8 Å². The predicted octanol–water partition coefficient (Wildman–Crippen LogP) is 6.90. The van der Waals surface area contributed by atoms with Crippen molar-refractivity contribution in [3.63, 3.8) is 0 Å². The molecule has 0 aliphatic heterocycles. The van der Waals surface area contributed by atoms with Gasteiger partial charge in [-0.25, -0.2) is 4.98 Å². The lowest BCUT2D eigenvalue weighted by molar-refractivity contribution is -0.139. The van der Waals surface area contributed by atoms with Crippen molar-refractivity contribution in [1.29, 1.82) is 0 Å². The average Bonchev–Trinajstić information content (AvgIpc) is 3.41. The van der Waals surface area contributed by atoms with Gasteiger partial charge in [-0.05, 0) is 68.1 Å². The second kappa shape index (κ2) is 8.55. The number of alkyl halides is 3. The quantitative estimate of drug-likeness (QED) is 0.458. The Labute approximate surface area is 176 Å². The number of hydrogen-bond acceptors (Lipinski definition) is 5. The Hall–Kier alpha value is -2.74. The molecule has 0 bridgehead atoms. The van der Waals surface area contributed by atoms with E-state index in [4.69, 9.17) is 9.47 Å². The van der Waals surface area contributed by atoms with Crippen LogP contribution < -0.4 is 14.8 Å². The lowest BCUT2D eigenvalue weighted by atomic mass is 10.1. The van der Waals surface area contributed by atoms with Crippen LogP contribution in [0.25, 0.3) is 11.3 Å². The van der Waals surface area contributed by atoms with E-state index in [1.807, 2.05) is 29.6 Å². The van der Waals surface area contributed by atoms with Crippen LogP contribution in [0.1, 0.15) is 31.2 Å². The Kier molecular flexibility index (Phi) is 5.85. The average molecular weight is 434 g/mol. The molecule has 2 aromatic carbocycles. The van der Waals surface area contributed by atoms with E-state index in [0.29, 0.717) is 10.8 Å². The Morgan fingerprint density at radius 1 is 1.07 bits per heavy atom. The Balaban J connectivity index is 1.53. The number of methoxy groups -OCH3 is 1. The maximum atomic E-state index is 13.6. The third kappa shape index (κ3) is 4.70. The van der Waals surface area contributed by atoms with Crippen molar-refractivity contribution in [2.75, 3.05) is 12.4 Å². The highest BCUT2D eigenvalue weighted by Gasteiger charge is 2.35. The molecule has 0 radical (unpaired) electrons. The second-order valence-corrected chi connectivity index (χ2v) is 7.98. The van der Waals surface area contributed by atoms with Crippen molar-refractivity contribution in [2.24, 2.45) is 0 Å². The van der Waals surface area contributed by atoms with Crippen molar-refractivity contribution in [2.45, 2.75) is 38.0 Å². The van der Waals surface area contributed by atoms with E-state index in [0.717, 1.165) is 48.8 Å². The van der Waals surface area contributed by atoms with Crippen LogP contribution in [0, 0.1) is 0 Å². The third-order valence-electron chi connectivity index (χ3n) is 5.02. The molecule has 1 aliphatic carbocycles. The molecule has 4 nitrogen and oxygen atoms in total. The zero-order valence-corrected chi connectivity index (χ0v) is 17.1. The summed E-state index contributed by atoms with van der Waals surface area (Å²) in [6.45, 7) is 0. The molecule has 0 spiro atoms. The van der Waals surface area contributed by atoms with E-state index in [2.05, 4.69) is 10.3 Å². The highest BCUT2D eigenvalue weighted by molar-refractivity contribution is 7.14. The number of thiazole rings is 1. The molecule has 1 N–H and O–H groups in total. The molecule has 0 amide bonds. The molecule has 1 heterocycles. The normalized spacial score (nSPS) is 14.7. The van der Waals surface area contributed by atoms with Gasteiger partial charge in [-0.3, -0.25) is 0 Å². The third-order valence-corrected chi connectivity index (χ3v) is 5.78. The molecule has 3 aromatic rings. The minimum absolute atomic E-state index is 0.113. The van der Waals surface area contributed by atoms with E-state index in [1.54, 1.807) is 13.2 Å². The second-order valence-electron chi connectivity index (χ2n) is 7.12. The summed E-state index contributed by atoms with van der Waals surface area (Å²) in [5.74, 6) is 0.630. The minimum atomic E-state index is -4.50. The zero-order chi connectivity index (χ0) is 21.1. The fraction of sp³-hybridized carbons (Fsp3) is 0.318. The first-order chi connectivity index (χ1) is 14.4. The monoisotopic (exact) mass is 434 g/mol. The highest BCUT2D eigenvalue weighted by Crippen LogP contribution is 2.40. The Bertz CT molecular complexity index is 996. The van der Waals surface area contributed by atoms with Crippen LogP contribution in [0.3, 0.4) is 0 Å². The summed E-state index contributed by atoms with van der Waals surface area (Å²) < 4.78 is 51.6. The molecular weight excluding hydrogens is 413 g/mol.